The third-order valence-electron chi connectivity index (χ3n) is 3.37. The summed E-state index contributed by atoms with van der Waals surface area (Å²) in [6.07, 6.45) is 2.88. The van der Waals surface area contributed by atoms with E-state index in [9.17, 15) is 0 Å². The van der Waals surface area contributed by atoms with E-state index in [-0.39, 0.29) is 0 Å². The molecular formula is C17H17N3S. The van der Waals surface area contributed by atoms with Crippen molar-refractivity contribution in [2.45, 2.75) is 19.1 Å². The fraction of sp³-hybridized carbons (Fsp3) is 0.235. The molecule has 1 aromatic heterocycles. The van der Waals surface area contributed by atoms with Gasteiger partial charge in [0.2, 0.25) is 0 Å². The first-order valence-electron chi connectivity index (χ1n) is 7.09. The van der Waals surface area contributed by atoms with Crippen LogP contribution in [0.2, 0.25) is 0 Å². The second kappa shape index (κ2) is 6.68. The predicted octanol–water partition coefficient (Wildman–Crippen LogP) is 3.74. The van der Waals surface area contributed by atoms with E-state index in [1.165, 1.54) is 11.1 Å². The third-order valence-corrected chi connectivity index (χ3v) is 4.28. The van der Waals surface area contributed by atoms with Crippen molar-refractivity contribution in [2.75, 3.05) is 6.54 Å². The molecule has 1 aromatic carbocycles. The molecule has 3 rings (SSSR count). The van der Waals surface area contributed by atoms with Crippen LogP contribution in [0, 0.1) is 0 Å². The third kappa shape index (κ3) is 3.58. The maximum absolute atomic E-state index is 4.63. The number of aliphatic imine (C=N–C) groups is 2. The van der Waals surface area contributed by atoms with Crippen LogP contribution in [0.4, 0.5) is 0 Å². The molecular weight excluding hydrogens is 278 g/mol. The lowest BCUT2D eigenvalue weighted by Crippen LogP contribution is -2.01. The number of hydrogen-bond acceptors (Lipinski definition) is 4. The summed E-state index contributed by atoms with van der Waals surface area (Å²) in [5.74, 6) is 0.811. The number of aromatic nitrogens is 1. The van der Waals surface area contributed by atoms with Gasteiger partial charge in [-0.2, -0.15) is 0 Å². The van der Waals surface area contributed by atoms with Crippen LogP contribution in [0.1, 0.15) is 23.7 Å². The number of thioether (sulfide) groups is 1. The van der Waals surface area contributed by atoms with Crippen LogP contribution in [0.25, 0.3) is 0 Å². The molecule has 2 heterocycles. The van der Waals surface area contributed by atoms with Gasteiger partial charge in [0.15, 0.2) is 5.17 Å². The van der Waals surface area contributed by atoms with Gasteiger partial charge in [-0.15, -0.1) is 0 Å². The topological polar surface area (TPSA) is 37.6 Å². The van der Waals surface area contributed by atoms with Crippen molar-refractivity contribution in [3.05, 3.63) is 65.5 Å². The van der Waals surface area contributed by atoms with E-state index in [0.29, 0.717) is 6.54 Å². The molecule has 0 unspecified atom stereocenters. The minimum absolute atomic E-state index is 0.677. The average Bonchev–Trinajstić information content (AvgIpc) is 3.03. The summed E-state index contributed by atoms with van der Waals surface area (Å²) in [5.41, 5.74) is 4.63. The molecule has 2 aromatic rings. The molecule has 0 spiro atoms. The van der Waals surface area contributed by atoms with Crippen molar-refractivity contribution in [3.63, 3.8) is 0 Å². The van der Waals surface area contributed by atoms with Crippen LogP contribution >= 0.6 is 11.8 Å². The van der Waals surface area contributed by atoms with E-state index in [1.54, 1.807) is 11.8 Å². The molecule has 0 N–H and O–H groups in total. The van der Waals surface area contributed by atoms with Gasteiger partial charge in [-0.1, -0.05) is 49.0 Å². The molecule has 1 aliphatic rings. The van der Waals surface area contributed by atoms with Gasteiger partial charge in [-0.05, 0) is 29.7 Å². The van der Waals surface area contributed by atoms with Crippen molar-refractivity contribution in [2.24, 2.45) is 9.98 Å². The summed E-state index contributed by atoms with van der Waals surface area (Å²) in [7, 11) is 0. The molecule has 0 radical (unpaired) electrons. The predicted molar refractivity (Wildman–Crippen MR) is 90.2 cm³/mol. The minimum atomic E-state index is 0.677. The largest absolute Gasteiger partial charge is 0.260 e. The Morgan fingerprint density at radius 3 is 2.67 bits per heavy atom. The normalized spacial score (nSPS) is 14.0. The van der Waals surface area contributed by atoms with Crippen molar-refractivity contribution >= 4 is 22.6 Å². The molecule has 0 fully saturated rings. The van der Waals surface area contributed by atoms with E-state index in [1.807, 2.05) is 24.4 Å². The van der Waals surface area contributed by atoms with Crippen LogP contribution in [0.3, 0.4) is 0 Å². The Bertz CT molecular complexity index is 660. The Labute approximate surface area is 129 Å². The van der Waals surface area contributed by atoms with Gasteiger partial charge in [-0.25, -0.2) is 4.99 Å². The second-order valence-electron chi connectivity index (χ2n) is 4.82. The van der Waals surface area contributed by atoms with E-state index >= 15 is 0 Å². The number of hydrogen-bond donors (Lipinski definition) is 0. The molecule has 3 nitrogen and oxygen atoms in total. The summed E-state index contributed by atoms with van der Waals surface area (Å²) in [6, 6.07) is 14.6. The number of nitrogens with zero attached hydrogens (tertiary/aromatic N) is 3. The lowest BCUT2D eigenvalue weighted by Gasteiger charge is -2.01. The highest BCUT2D eigenvalue weighted by Crippen LogP contribution is 2.18. The summed E-state index contributed by atoms with van der Waals surface area (Å²) >= 11 is 1.64. The minimum Gasteiger partial charge on any atom is -0.260 e. The molecule has 0 atom stereocenters. The lowest BCUT2D eigenvalue weighted by atomic mass is 10.1. The highest BCUT2D eigenvalue weighted by molar-refractivity contribution is 8.13. The number of benzene rings is 1. The van der Waals surface area contributed by atoms with E-state index < -0.39 is 0 Å². The summed E-state index contributed by atoms with van der Waals surface area (Å²) < 4.78 is 0. The zero-order valence-corrected chi connectivity index (χ0v) is 12.8. The maximum Gasteiger partial charge on any atom is 0.183 e. The van der Waals surface area contributed by atoms with Gasteiger partial charge < -0.3 is 0 Å². The standard InChI is InChI=1S/C17H17N3S/c1-2-13-6-8-14(9-7-13)16-11-19-17(20-16)21-12-15-5-3-4-10-18-15/h3-10H,2,11-12H2,1H3. The van der Waals surface area contributed by atoms with Crippen molar-refractivity contribution < 1.29 is 0 Å². The number of aryl methyl sites for hydroxylation is 1. The number of pyridine rings is 1. The molecule has 4 heteroatoms. The Morgan fingerprint density at radius 1 is 1.10 bits per heavy atom. The summed E-state index contributed by atoms with van der Waals surface area (Å²) in [4.78, 5) is 13.4. The number of amidine groups is 1. The van der Waals surface area contributed by atoms with Crippen LogP contribution in [-0.4, -0.2) is 22.4 Å². The Hall–Kier alpha value is -1.94. The molecule has 1 aliphatic heterocycles. The molecule has 0 amide bonds. The van der Waals surface area contributed by atoms with E-state index in [0.717, 1.165) is 28.7 Å². The highest BCUT2D eigenvalue weighted by atomic mass is 32.2. The molecule has 0 aliphatic carbocycles. The van der Waals surface area contributed by atoms with Crippen LogP contribution in [0.15, 0.2) is 58.6 Å². The first-order valence-corrected chi connectivity index (χ1v) is 8.08. The fourth-order valence-electron chi connectivity index (χ4n) is 2.12. The van der Waals surface area contributed by atoms with Crippen molar-refractivity contribution in [1.29, 1.82) is 0 Å². The van der Waals surface area contributed by atoms with E-state index in [4.69, 9.17) is 0 Å². The Balaban J connectivity index is 1.63. The first kappa shape index (κ1) is 14.0. The quantitative estimate of drug-likeness (QED) is 0.861. The zero-order valence-electron chi connectivity index (χ0n) is 12.0. The average molecular weight is 295 g/mol. The Morgan fingerprint density at radius 2 is 1.95 bits per heavy atom. The van der Waals surface area contributed by atoms with Crippen LogP contribution < -0.4 is 0 Å². The highest BCUT2D eigenvalue weighted by Gasteiger charge is 2.12. The first-order chi connectivity index (χ1) is 10.3. The van der Waals surface area contributed by atoms with Gasteiger partial charge in [0.25, 0.3) is 0 Å². The zero-order chi connectivity index (χ0) is 14.5. The van der Waals surface area contributed by atoms with Gasteiger partial charge >= 0.3 is 0 Å². The SMILES string of the molecule is CCc1ccc(C2=NC(SCc3ccccn3)=NC2)cc1. The van der Waals surface area contributed by atoms with Gasteiger partial charge in [-0.3, -0.25) is 9.98 Å². The lowest BCUT2D eigenvalue weighted by molar-refractivity contribution is 1.14. The van der Waals surface area contributed by atoms with Crippen LogP contribution in [-0.2, 0) is 12.2 Å². The number of rotatable bonds is 4. The van der Waals surface area contributed by atoms with Crippen LogP contribution in [0.5, 0.6) is 0 Å². The van der Waals surface area contributed by atoms with Crippen molar-refractivity contribution in [3.8, 4) is 0 Å². The monoisotopic (exact) mass is 295 g/mol. The summed E-state index contributed by atoms with van der Waals surface area (Å²) in [6.45, 7) is 2.84. The summed E-state index contributed by atoms with van der Waals surface area (Å²) in [5, 5.41) is 0.857. The molecule has 0 bridgehead atoms. The van der Waals surface area contributed by atoms with Gasteiger partial charge in [0, 0.05) is 11.9 Å². The smallest absolute Gasteiger partial charge is 0.183 e. The fourth-order valence-corrected chi connectivity index (χ4v) is 2.90. The molecule has 106 valence electrons. The second-order valence-corrected chi connectivity index (χ2v) is 5.76. The Kier molecular flexibility index (Phi) is 4.46. The van der Waals surface area contributed by atoms with Crippen molar-refractivity contribution in [1.82, 2.24) is 4.98 Å². The van der Waals surface area contributed by atoms with E-state index in [2.05, 4.69) is 46.2 Å². The van der Waals surface area contributed by atoms with Gasteiger partial charge in [0.1, 0.15) is 0 Å². The molecule has 0 saturated carbocycles. The maximum atomic E-state index is 4.63. The molecule has 21 heavy (non-hydrogen) atoms. The van der Waals surface area contributed by atoms with Gasteiger partial charge in [0.05, 0.1) is 18.0 Å². The molecule has 0 saturated heterocycles.